The lowest BCUT2D eigenvalue weighted by Gasteiger charge is -2.21. The summed E-state index contributed by atoms with van der Waals surface area (Å²) in [6.45, 7) is 8.27. The molecule has 0 spiro atoms. The number of ketones is 1. The van der Waals surface area contributed by atoms with Crippen LogP contribution in [0.3, 0.4) is 0 Å². The van der Waals surface area contributed by atoms with Crippen LogP contribution in [0.15, 0.2) is 17.1 Å². The van der Waals surface area contributed by atoms with Gasteiger partial charge in [0.15, 0.2) is 0 Å². The van der Waals surface area contributed by atoms with E-state index in [1.165, 1.54) is 0 Å². The van der Waals surface area contributed by atoms with Gasteiger partial charge in [0.2, 0.25) is 0 Å². The van der Waals surface area contributed by atoms with Gasteiger partial charge in [-0.15, -0.1) is 0 Å². The van der Waals surface area contributed by atoms with E-state index in [1.54, 1.807) is 0 Å². The molecule has 0 aromatic rings. The maximum atomic E-state index is 12.0. The third kappa shape index (κ3) is 6.40. The molecule has 0 aliphatic carbocycles. The average Bonchev–Trinajstić information content (AvgIpc) is 2.30. The van der Waals surface area contributed by atoms with Crippen LogP contribution in [0.4, 0.5) is 0 Å². The number of allylic oxidation sites excluding steroid dienone is 2. The highest BCUT2D eigenvalue weighted by molar-refractivity contribution is 5.82. The van der Waals surface area contributed by atoms with Crippen molar-refractivity contribution < 1.29 is 4.79 Å². The zero-order valence-electron chi connectivity index (χ0n) is 11.8. The fourth-order valence-electron chi connectivity index (χ4n) is 2.07. The standard InChI is InChI=1S/C15H27NO/c1-5-9-12-16-14(10-6-2)13(8-4)15(17)11-7-3/h5,9,12-14H,6-8,10-11H2,1-4H3/b9-5+,16-12?/t13-,14+/m0/s1. The Kier molecular flexibility index (Phi) is 9.69. The van der Waals surface area contributed by atoms with E-state index in [9.17, 15) is 4.79 Å². The Morgan fingerprint density at radius 1 is 1.24 bits per heavy atom. The minimum Gasteiger partial charge on any atom is -0.299 e. The molecule has 0 aromatic heterocycles. The van der Waals surface area contributed by atoms with Crippen molar-refractivity contribution in [1.29, 1.82) is 0 Å². The molecule has 2 atom stereocenters. The molecule has 0 fully saturated rings. The van der Waals surface area contributed by atoms with Gasteiger partial charge in [-0.1, -0.05) is 33.3 Å². The number of aliphatic imine (C=N–C) groups is 1. The molecule has 0 radical (unpaired) electrons. The van der Waals surface area contributed by atoms with E-state index < -0.39 is 0 Å². The molecule has 0 aliphatic rings. The van der Waals surface area contributed by atoms with Gasteiger partial charge < -0.3 is 0 Å². The number of hydrogen-bond donors (Lipinski definition) is 0. The van der Waals surface area contributed by atoms with Crippen molar-refractivity contribution in [1.82, 2.24) is 0 Å². The predicted molar refractivity (Wildman–Crippen MR) is 75.7 cm³/mol. The summed E-state index contributed by atoms with van der Waals surface area (Å²) in [7, 11) is 0. The topological polar surface area (TPSA) is 29.4 Å². The van der Waals surface area contributed by atoms with E-state index in [1.807, 2.05) is 25.3 Å². The summed E-state index contributed by atoms with van der Waals surface area (Å²) in [5, 5.41) is 0. The summed E-state index contributed by atoms with van der Waals surface area (Å²) >= 11 is 0. The van der Waals surface area contributed by atoms with E-state index in [0.29, 0.717) is 12.2 Å². The molecule has 0 aliphatic heterocycles. The molecule has 0 unspecified atom stereocenters. The monoisotopic (exact) mass is 237 g/mol. The molecule has 2 nitrogen and oxygen atoms in total. The molecule has 0 heterocycles. The number of Topliss-reactive ketones (excluding diaryl/α,β-unsaturated/α-hetero) is 1. The number of rotatable bonds is 9. The molecule has 0 saturated heterocycles. The van der Waals surface area contributed by atoms with E-state index in [2.05, 4.69) is 25.8 Å². The van der Waals surface area contributed by atoms with Gasteiger partial charge in [0.1, 0.15) is 5.78 Å². The first kappa shape index (κ1) is 16.1. The molecule has 2 heteroatoms. The summed E-state index contributed by atoms with van der Waals surface area (Å²) in [6.07, 6.45) is 10.3. The first-order chi connectivity index (χ1) is 8.21. The summed E-state index contributed by atoms with van der Waals surface area (Å²) in [5.41, 5.74) is 0. The number of nitrogens with zero attached hydrogens (tertiary/aromatic N) is 1. The van der Waals surface area contributed by atoms with Gasteiger partial charge in [0.25, 0.3) is 0 Å². The summed E-state index contributed by atoms with van der Waals surface area (Å²) in [5.74, 6) is 0.488. The van der Waals surface area contributed by atoms with Gasteiger partial charge in [-0.25, -0.2) is 0 Å². The first-order valence-corrected chi connectivity index (χ1v) is 6.88. The lowest BCUT2D eigenvalue weighted by atomic mass is 9.88. The molecule has 17 heavy (non-hydrogen) atoms. The van der Waals surface area contributed by atoms with Gasteiger partial charge >= 0.3 is 0 Å². The van der Waals surface area contributed by atoms with Crippen molar-refractivity contribution >= 4 is 12.0 Å². The van der Waals surface area contributed by atoms with Crippen molar-refractivity contribution in [3.8, 4) is 0 Å². The van der Waals surface area contributed by atoms with E-state index in [0.717, 1.165) is 25.7 Å². The van der Waals surface area contributed by atoms with Crippen LogP contribution in [0.25, 0.3) is 0 Å². The second kappa shape index (κ2) is 10.2. The predicted octanol–water partition coefficient (Wildman–Crippen LogP) is 4.20. The fourth-order valence-corrected chi connectivity index (χ4v) is 2.07. The number of carbonyl (C=O) groups is 1. The first-order valence-electron chi connectivity index (χ1n) is 6.88. The Morgan fingerprint density at radius 3 is 2.41 bits per heavy atom. The Balaban J connectivity index is 4.66. The largest absolute Gasteiger partial charge is 0.299 e. The average molecular weight is 237 g/mol. The van der Waals surface area contributed by atoms with Crippen molar-refractivity contribution in [2.24, 2.45) is 10.9 Å². The van der Waals surface area contributed by atoms with Gasteiger partial charge in [0.05, 0.1) is 6.04 Å². The summed E-state index contributed by atoms with van der Waals surface area (Å²) in [4.78, 5) is 16.6. The molecule has 0 aromatic carbocycles. The van der Waals surface area contributed by atoms with Crippen molar-refractivity contribution in [2.45, 2.75) is 65.8 Å². The van der Waals surface area contributed by atoms with Crippen molar-refractivity contribution in [3.05, 3.63) is 12.2 Å². The van der Waals surface area contributed by atoms with Crippen LogP contribution < -0.4 is 0 Å². The normalized spacial score (nSPS) is 15.5. The van der Waals surface area contributed by atoms with Gasteiger partial charge in [0, 0.05) is 18.6 Å². The van der Waals surface area contributed by atoms with Crippen LogP contribution in [0.2, 0.25) is 0 Å². The molecule has 0 bridgehead atoms. The summed E-state index contributed by atoms with van der Waals surface area (Å²) in [6, 6.07) is 0.167. The van der Waals surface area contributed by atoms with Crippen molar-refractivity contribution in [2.75, 3.05) is 0 Å². The van der Waals surface area contributed by atoms with E-state index in [4.69, 9.17) is 0 Å². The SMILES string of the molecule is C/C=C/C=N[C@H](CCC)[C@H](CC)C(=O)CCC. The molecule has 0 saturated carbocycles. The van der Waals surface area contributed by atoms with Crippen LogP contribution in [-0.2, 0) is 4.79 Å². The van der Waals surface area contributed by atoms with Crippen molar-refractivity contribution in [3.63, 3.8) is 0 Å². The lowest BCUT2D eigenvalue weighted by Crippen LogP contribution is -2.26. The van der Waals surface area contributed by atoms with Gasteiger partial charge in [-0.2, -0.15) is 0 Å². The van der Waals surface area contributed by atoms with Gasteiger partial charge in [-0.05, 0) is 32.3 Å². The van der Waals surface area contributed by atoms with E-state index in [-0.39, 0.29) is 12.0 Å². The Labute approximate surface area is 106 Å². The molecule has 98 valence electrons. The number of carbonyl (C=O) groups excluding carboxylic acids is 1. The molecule has 0 N–H and O–H groups in total. The number of hydrogen-bond acceptors (Lipinski definition) is 2. The third-order valence-corrected chi connectivity index (χ3v) is 2.95. The summed E-state index contributed by atoms with van der Waals surface area (Å²) < 4.78 is 0. The maximum absolute atomic E-state index is 12.0. The zero-order chi connectivity index (χ0) is 13.1. The highest BCUT2D eigenvalue weighted by atomic mass is 16.1. The highest BCUT2D eigenvalue weighted by Gasteiger charge is 2.24. The van der Waals surface area contributed by atoms with Crippen LogP contribution in [0.5, 0.6) is 0 Å². The Morgan fingerprint density at radius 2 is 1.94 bits per heavy atom. The van der Waals surface area contributed by atoms with Gasteiger partial charge in [-0.3, -0.25) is 9.79 Å². The quantitative estimate of drug-likeness (QED) is 0.553. The van der Waals surface area contributed by atoms with Crippen LogP contribution in [0, 0.1) is 5.92 Å². The molecular weight excluding hydrogens is 210 g/mol. The van der Waals surface area contributed by atoms with Crippen LogP contribution in [-0.4, -0.2) is 18.0 Å². The Bertz CT molecular complexity index is 256. The van der Waals surface area contributed by atoms with Crippen LogP contribution >= 0.6 is 0 Å². The van der Waals surface area contributed by atoms with E-state index >= 15 is 0 Å². The second-order valence-corrected chi connectivity index (χ2v) is 4.41. The second-order valence-electron chi connectivity index (χ2n) is 4.41. The maximum Gasteiger partial charge on any atom is 0.138 e. The zero-order valence-corrected chi connectivity index (χ0v) is 11.8. The third-order valence-electron chi connectivity index (χ3n) is 2.95. The van der Waals surface area contributed by atoms with Crippen LogP contribution in [0.1, 0.15) is 59.8 Å². The molecule has 0 amide bonds. The fraction of sp³-hybridized carbons (Fsp3) is 0.733. The molecular formula is C15H27NO. The smallest absolute Gasteiger partial charge is 0.138 e. The Hall–Kier alpha value is -0.920. The minimum absolute atomic E-state index is 0.108. The molecule has 0 rings (SSSR count). The minimum atomic E-state index is 0.108. The highest BCUT2D eigenvalue weighted by Crippen LogP contribution is 2.20. The lowest BCUT2D eigenvalue weighted by molar-refractivity contribution is -0.123.